The van der Waals surface area contributed by atoms with Crippen LogP contribution in [0.2, 0.25) is 0 Å². The first kappa shape index (κ1) is 12.8. The van der Waals surface area contributed by atoms with Crippen LogP contribution in [0.25, 0.3) is 0 Å². The van der Waals surface area contributed by atoms with E-state index >= 15 is 0 Å². The highest BCUT2D eigenvalue weighted by atomic mass is 19.3. The molecule has 1 aliphatic rings. The summed E-state index contributed by atoms with van der Waals surface area (Å²) in [6, 6.07) is -0.828. The molecule has 0 aromatic rings. The monoisotopic (exact) mass is 235 g/mol. The molecule has 0 aromatic heterocycles. The van der Waals surface area contributed by atoms with Crippen molar-refractivity contribution >= 4 is 11.8 Å². The minimum atomic E-state index is -3.06. The fourth-order valence-corrected chi connectivity index (χ4v) is 1.61. The Hall–Kier alpha value is -1.24. The maximum Gasteiger partial charge on any atom is 0.315 e. The Morgan fingerprint density at radius 1 is 1.44 bits per heavy atom. The summed E-state index contributed by atoms with van der Waals surface area (Å²) in [5, 5.41) is 2.91. The number of amides is 2. The first-order valence-corrected chi connectivity index (χ1v) is 4.95. The van der Waals surface area contributed by atoms with Gasteiger partial charge < -0.3 is 15.1 Å². The van der Waals surface area contributed by atoms with Crippen molar-refractivity contribution < 1.29 is 18.4 Å². The highest BCUT2D eigenvalue weighted by Gasteiger charge is 2.36. The van der Waals surface area contributed by atoms with Crippen LogP contribution in [0.1, 0.15) is 0 Å². The smallest absolute Gasteiger partial charge is 0.315 e. The summed E-state index contributed by atoms with van der Waals surface area (Å²) in [5.41, 5.74) is 0. The van der Waals surface area contributed by atoms with E-state index in [0.717, 1.165) is 4.90 Å². The lowest BCUT2D eigenvalue weighted by atomic mass is 10.1. The second-order valence-electron chi connectivity index (χ2n) is 3.78. The van der Waals surface area contributed by atoms with Crippen LogP contribution in [-0.2, 0) is 9.59 Å². The molecule has 0 radical (unpaired) electrons. The molecule has 1 fully saturated rings. The topological polar surface area (TPSA) is 52.7 Å². The van der Waals surface area contributed by atoms with Gasteiger partial charge in [0.2, 0.25) is 5.91 Å². The summed E-state index contributed by atoms with van der Waals surface area (Å²) in [7, 11) is 3.06. The molecule has 1 aliphatic heterocycles. The summed E-state index contributed by atoms with van der Waals surface area (Å²) in [5.74, 6) is -1.62. The first-order chi connectivity index (χ1) is 7.45. The molecule has 1 N–H and O–H groups in total. The number of carbonyl (C=O) groups is 2. The minimum absolute atomic E-state index is 0.132. The number of alkyl halides is 2. The maximum atomic E-state index is 12.3. The van der Waals surface area contributed by atoms with Gasteiger partial charge in [-0.3, -0.25) is 9.59 Å². The van der Waals surface area contributed by atoms with E-state index in [4.69, 9.17) is 0 Å². The van der Waals surface area contributed by atoms with E-state index < -0.39 is 18.4 Å². The Kier molecular flexibility index (Phi) is 4.17. The largest absolute Gasteiger partial charge is 0.347 e. The van der Waals surface area contributed by atoms with Gasteiger partial charge in [0.15, 0.2) is 0 Å². The lowest BCUT2D eigenvalue weighted by molar-refractivity contribution is -0.152. The molecule has 1 heterocycles. The Morgan fingerprint density at radius 3 is 2.56 bits per heavy atom. The summed E-state index contributed by atoms with van der Waals surface area (Å²) < 4.78 is 24.6. The molecule has 7 heteroatoms. The van der Waals surface area contributed by atoms with Crippen molar-refractivity contribution in [3.05, 3.63) is 0 Å². The van der Waals surface area contributed by atoms with Crippen molar-refractivity contribution in [2.24, 2.45) is 0 Å². The Labute approximate surface area is 92.4 Å². The molecule has 1 saturated heterocycles. The second-order valence-corrected chi connectivity index (χ2v) is 3.78. The van der Waals surface area contributed by atoms with Gasteiger partial charge in [0, 0.05) is 33.7 Å². The lowest BCUT2D eigenvalue weighted by Gasteiger charge is -2.36. The molecule has 0 saturated carbocycles. The quantitative estimate of drug-likeness (QED) is 0.677. The fraction of sp³-hybridized carbons (Fsp3) is 0.778. The van der Waals surface area contributed by atoms with Crippen LogP contribution >= 0.6 is 0 Å². The van der Waals surface area contributed by atoms with Gasteiger partial charge in [-0.05, 0) is 0 Å². The number of rotatable bonds is 2. The molecule has 5 nitrogen and oxygen atoms in total. The van der Waals surface area contributed by atoms with Crippen molar-refractivity contribution in [1.82, 2.24) is 15.1 Å². The van der Waals surface area contributed by atoms with Crippen LogP contribution in [0, 0.1) is 0 Å². The van der Waals surface area contributed by atoms with Crippen molar-refractivity contribution in [1.29, 1.82) is 0 Å². The number of piperazine rings is 1. The third kappa shape index (κ3) is 2.66. The van der Waals surface area contributed by atoms with Crippen LogP contribution < -0.4 is 5.32 Å². The summed E-state index contributed by atoms with van der Waals surface area (Å²) >= 11 is 0. The van der Waals surface area contributed by atoms with Gasteiger partial charge in [-0.1, -0.05) is 0 Å². The van der Waals surface area contributed by atoms with Crippen LogP contribution in [0.4, 0.5) is 8.78 Å². The molecular formula is C9H15F2N3O2. The highest BCUT2D eigenvalue weighted by molar-refractivity contribution is 5.89. The zero-order chi connectivity index (χ0) is 12.3. The average Bonchev–Trinajstić information content (AvgIpc) is 2.26. The summed E-state index contributed by atoms with van der Waals surface area (Å²) in [6.07, 6.45) is -3.06. The molecule has 92 valence electrons. The number of halogens is 2. The second kappa shape index (κ2) is 5.20. The molecule has 2 amide bonds. The Bertz CT molecular complexity index is 256. The van der Waals surface area contributed by atoms with Gasteiger partial charge in [0.05, 0.1) is 0 Å². The highest BCUT2D eigenvalue weighted by Crippen LogP contribution is 2.10. The Balaban J connectivity index is 2.79. The van der Waals surface area contributed by atoms with E-state index in [2.05, 4.69) is 5.32 Å². The van der Waals surface area contributed by atoms with E-state index in [1.807, 2.05) is 0 Å². The molecule has 1 unspecified atom stereocenters. The molecule has 1 atom stereocenters. The van der Waals surface area contributed by atoms with Crippen molar-refractivity contribution in [3.8, 4) is 0 Å². The summed E-state index contributed by atoms with van der Waals surface area (Å²) in [6.45, 7) is 0.776. The van der Waals surface area contributed by atoms with Gasteiger partial charge in [-0.25, -0.2) is 0 Å². The molecule has 0 aliphatic carbocycles. The van der Waals surface area contributed by atoms with Gasteiger partial charge >= 0.3 is 6.43 Å². The molecule has 1 rings (SSSR count). The minimum Gasteiger partial charge on any atom is -0.347 e. The third-order valence-electron chi connectivity index (χ3n) is 2.44. The lowest BCUT2D eigenvalue weighted by Crippen LogP contribution is -2.60. The average molecular weight is 235 g/mol. The van der Waals surface area contributed by atoms with E-state index in [1.165, 1.54) is 19.0 Å². The Morgan fingerprint density at radius 2 is 2.06 bits per heavy atom. The molecule has 16 heavy (non-hydrogen) atoms. The van der Waals surface area contributed by atoms with Crippen molar-refractivity contribution in [2.45, 2.75) is 12.5 Å². The molecular weight excluding hydrogens is 220 g/mol. The predicted molar refractivity (Wildman–Crippen MR) is 53.1 cm³/mol. The zero-order valence-electron chi connectivity index (χ0n) is 9.24. The van der Waals surface area contributed by atoms with Gasteiger partial charge in [-0.2, -0.15) is 8.78 Å². The first-order valence-electron chi connectivity index (χ1n) is 4.95. The zero-order valence-corrected chi connectivity index (χ0v) is 9.24. The van der Waals surface area contributed by atoms with E-state index in [-0.39, 0.29) is 19.0 Å². The number of nitrogens with zero attached hydrogens (tertiary/aromatic N) is 2. The number of carbonyl (C=O) groups excluding carboxylic acids is 2. The van der Waals surface area contributed by atoms with E-state index in [0.29, 0.717) is 6.54 Å². The molecule has 0 spiro atoms. The third-order valence-corrected chi connectivity index (χ3v) is 2.44. The van der Waals surface area contributed by atoms with Crippen LogP contribution in [0.5, 0.6) is 0 Å². The fourth-order valence-electron chi connectivity index (χ4n) is 1.61. The van der Waals surface area contributed by atoms with Crippen molar-refractivity contribution in [3.63, 3.8) is 0 Å². The number of hydrogen-bond donors (Lipinski definition) is 1. The van der Waals surface area contributed by atoms with E-state index in [9.17, 15) is 18.4 Å². The maximum absolute atomic E-state index is 12.3. The van der Waals surface area contributed by atoms with E-state index in [1.54, 1.807) is 0 Å². The number of nitrogens with one attached hydrogen (secondary N) is 1. The number of hydrogen-bond acceptors (Lipinski definition) is 3. The van der Waals surface area contributed by atoms with Gasteiger partial charge in [0.1, 0.15) is 6.04 Å². The van der Waals surface area contributed by atoms with Gasteiger partial charge in [-0.15, -0.1) is 0 Å². The standard InChI is InChI=1S/C9H15F2N3O2/c1-13(2)8(15)6-5-12-3-4-14(6)9(16)7(10)11/h6-7,12H,3-5H2,1-2H3. The molecule has 0 aromatic carbocycles. The summed E-state index contributed by atoms with van der Waals surface area (Å²) in [4.78, 5) is 25.1. The number of likely N-dealkylation sites (N-methyl/N-ethyl adjacent to an activating group) is 1. The van der Waals surface area contributed by atoms with Crippen molar-refractivity contribution in [2.75, 3.05) is 33.7 Å². The van der Waals surface area contributed by atoms with Gasteiger partial charge in [0.25, 0.3) is 5.91 Å². The normalized spacial score (nSPS) is 21.1. The van der Waals surface area contributed by atoms with Crippen LogP contribution in [0.15, 0.2) is 0 Å². The van der Waals surface area contributed by atoms with Crippen LogP contribution in [-0.4, -0.2) is 67.8 Å². The SMILES string of the molecule is CN(C)C(=O)C1CNCCN1C(=O)C(F)F. The predicted octanol–water partition coefficient (Wildman–Crippen LogP) is -0.860. The van der Waals surface area contributed by atoms with Crippen LogP contribution in [0.3, 0.4) is 0 Å². The molecule has 0 bridgehead atoms.